The lowest BCUT2D eigenvalue weighted by Crippen LogP contribution is -2.25. The minimum atomic E-state index is -0.218. The molecule has 0 amide bonds. The van der Waals surface area contributed by atoms with E-state index < -0.39 is 0 Å². The average molecular weight is 276 g/mol. The van der Waals surface area contributed by atoms with E-state index in [4.69, 9.17) is 22.7 Å². The number of benzene rings is 1. The molecule has 0 bridgehead atoms. The van der Waals surface area contributed by atoms with Crippen LogP contribution in [0.2, 0.25) is 5.02 Å². The van der Waals surface area contributed by atoms with Crippen molar-refractivity contribution in [2.24, 2.45) is 10.8 Å². The molecule has 0 radical (unpaired) electrons. The van der Waals surface area contributed by atoms with Crippen molar-refractivity contribution in [2.75, 3.05) is 0 Å². The van der Waals surface area contributed by atoms with Gasteiger partial charge in [-0.2, -0.15) is 5.10 Å². The maximum atomic E-state index is 6.88. The number of rotatable bonds is 2. The highest BCUT2D eigenvalue weighted by Crippen LogP contribution is 2.22. The van der Waals surface area contributed by atoms with Crippen molar-refractivity contribution >= 4 is 39.7 Å². The van der Waals surface area contributed by atoms with Gasteiger partial charge in [0.25, 0.3) is 0 Å². The van der Waals surface area contributed by atoms with Crippen LogP contribution in [0.4, 0.5) is 0 Å². The normalized spacial score (nSPS) is 10.4. The smallest absolute Gasteiger partial charge is 0.206 e. The molecule has 4 nitrogen and oxygen atoms in total. The fourth-order valence-corrected chi connectivity index (χ4v) is 1.61. The molecule has 14 heavy (non-hydrogen) atoms. The van der Waals surface area contributed by atoms with Gasteiger partial charge in [-0.15, -0.1) is 0 Å². The van der Waals surface area contributed by atoms with Gasteiger partial charge in [-0.1, -0.05) is 33.6 Å². The van der Waals surface area contributed by atoms with Crippen molar-refractivity contribution in [3.8, 4) is 0 Å². The maximum Gasteiger partial charge on any atom is 0.206 e. The molecule has 0 heterocycles. The summed E-state index contributed by atoms with van der Waals surface area (Å²) >= 11 is 9.24. The first-order valence-corrected chi connectivity index (χ1v) is 4.85. The zero-order chi connectivity index (χ0) is 10.6. The summed E-state index contributed by atoms with van der Waals surface area (Å²) in [6.45, 7) is 0. The Labute approximate surface area is 94.8 Å². The van der Waals surface area contributed by atoms with E-state index in [1.54, 1.807) is 6.07 Å². The predicted molar refractivity (Wildman–Crippen MR) is 61.8 cm³/mol. The molecular weight excluding hydrogens is 267 g/mol. The standard InChI is InChI=1S/C8H8BrClN4/c9-6-2-1-3-7(10)5(6)4-13-14-8(11)12/h1-4H,(H4,11,12,14)/b13-4+. The van der Waals surface area contributed by atoms with Crippen LogP contribution in [0.1, 0.15) is 5.56 Å². The fourth-order valence-electron chi connectivity index (χ4n) is 0.800. The number of hydrazone groups is 1. The van der Waals surface area contributed by atoms with Crippen LogP contribution in [0.3, 0.4) is 0 Å². The van der Waals surface area contributed by atoms with Crippen LogP contribution >= 0.6 is 27.5 Å². The number of halogens is 2. The summed E-state index contributed by atoms with van der Waals surface area (Å²) in [5, 5.41) is 11.2. The van der Waals surface area contributed by atoms with Gasteiger partial charge >= 0.3 is 0 Å². The molecule has 0 saturated carbocycles. The van der Waals surface area contributed by atoms with Gasteiger partial charge in [0.2, 0.25) is 5.96 Å². The average Bonchev–Trinajstić information content (AvgIpc) is 2.09. The lowest BCUT2D eigenvalue weighted by molar-refractivity contribution is 1.00. The number of hydrogen-bond acceptors (Lipinski definition) is 2. The Morgan fingerprint density at radius 3 is 2.93 bits per heavy atom. The Kier molecular flexibility index (Phi) is 3.91. The van der Waals surface area contributed by atoms with E-state index in [1.165, 1.54) is 6.21 Å². The molecular formula is C8H8BrClN4. The van der Waals surface area contributed by atoms with Crippen LogP contribution in [0.5, 0.6) is 0 Å². The molecule has 4 N–H and O–H groups in total. The van der Waals surface area contributed by atoms with E-state index in [1.807, 2.05) is 12.1 Å². The minimum Gasteiger partial charge on any atom is -0.369 e. The monoisotopic (exact) mass is 274 g/mol. The number of guanidine groups is 1. The second kappa shape index (κ2) is 4.97. The van der Waals surface area contributed by atoms with E-state index in [9.17, 15) is 0 Å². The maximum absolute atomic E-state index is 6.88. The van der Waals surface area contributed by atoms with Crippen molar-refractivity contribution in [2.45, 2.75) is 0 Å². The summed E-state index contributed by atoms with van der Waals surface area (Å²) in [5.74, 6) is -0.218. The summed E-state index contributed by atoms with van der Waals surface area (Å²) in [6.07, 6.45) is 1.49. The zero-order valence-electron chi connectivity index (χ0n) is 7.09. The lowest BCUT2D eigenvalue weighted by atomic mass is 10.2. The summed E-state index contributed by atoms with van der Waals surface area (Å²) in [4.78, 5) is 0. The number of nitrogens with two attached hydrogens (primary N) is 1. The molecule has 0 unspecified atom stereocenters. The predicted octanol–water partition coefficient (Wildman–Crippen LogP) is 1.92. The first kappa shape index (κ1) is 11.0. The number of hydrogen-bond donors (Lipinski definition) is 3. The second-order valence-corrected chi connectivity index (χ2v) is 3.68. The van der Waals surface area contributed by atoms with Crippen molar-refractivity contribution < 1.29 is 0 Å². The topological polar surface area (TPSA) is 74.3 Å². The van der Waals surface area contributed by atoms with E-state index >= 15 is 0 Å². The zero-order valence-corrected chi connectivity index (χ0v) is 9.43. The van der Waals surface area contributed by atoms with Crippen molar-refractivity contribution in [1.29, 1.82) is 5.41 Å². The summed E-state index contributed by atoms with van der Waals surface area (Å²) in [5.41, 5.74) is 8.08. The number of nitrogens with zero attached hydrogens (tertiary/aromatic N) is 1. The lowest BCUT2D eigenvalue weighted by Gasteiger charge is -2.00. The first-order valence-electron chi connectivity index (χ1n) is 3.68. The van der Waals surface area contributed by atoms with Crippen molar-refractivity contribution in [3.63, 3.8) is 0 Å². The summed E-state index contributed by atoms with van der Waals surface area (Å²) in [6, 6.07) is 5.42. The molecule has 0 spiro atoms. The molecule has 1 aromatic rings. The van der Waals surface area contributed by atoms with Crippen molar-refractivity contribution in [1.82, 2.24) is 5.43 Å². The highest BCUT2D eigenvalue weighted by atomic mass is 79.9. The SMILES string of the molecule is N=C(N)N/N=C/c1c(Cl)cccc1Br. The highest BCUT2D eigenvalue weighted by Gasteiger charge is 2.00. The molecule has 0 aliphatic rings. The van der Waals surface area contributed by atoms with Crippen LogP contribution in [0, 0.1) is 5.41 Å². The molecule has 0 fully saturated rings. The Balaban J connectivity index is 2.85. The molecule has 0 atom stereocenters. The highest BCUT2D eigenvalue weighted by molar-refractivity contribution is 9.10. The first-order chi connectivity index (χ1) is 6.61. The van der Waals surface area contributed by atoms with Gasteiger partial charge < -0.3 is 5.73 Å². The largest absolute Gasteiger partial charge is 0.369 e. The molecule has 1 rings (SSSR count). The van der Waals surface area contributed by atoms with Gasteiger partial charge in [-0.25, -0.2) is 5.43 Å². The molecule has 0 saturated heterocycles. The molecule has 74 valence electrons. The molecule has 0 aliphatic carbocycles. The minimum absolute atomic E-state index is 0.218. The van der Waals surface area contributed by atoms with Crippen LogP contribution < -0.4 is 11.2 Å². The molecule has 0 aliphatic heterocycles. The molecule has 1 aromatic carbocycles. The van der Waals surface area contributed by atoms with Gasteiger partial charge in [0.05, 0.1) is 11.2 Å². The van der Waals surface area contributed by atoms with Gasteiger partial charge in [0, 0.05) is 10.0 Å². The molecule has 0 aromatic heterocycles. The van der Waals surface area contributed by atoms with Gasteiger partial charge in [0.1, 0.15) is 0 Å². The van der Waals surface area contributed by atoms with Gasteiger partial charge in [-0.05, 0) is 12.1 Å². The van der Waals surface area contributed by atoms with Crippen molar-refractivity contribution in [3.05, 3.63) is 33.3 Å². The molecule has 6 heteroatoms. The Hall–Kier alpha value is -1.07. The number of nitrogens with one attached hydrogen (secondary N) is 2. The van der Waals surface area contributed by atoms with Crippen LogP contribution in [0.15, 0.2) is 27.8 Å². The third-order valence-corrected chi connectivity index (χ3v) is 2.40. The second-order valence-electron chi connectivity index (χ2n) is 2.42. The van der Waals surface area contributed by atoms with Crippen LogP contribution in [-0.2, 0) is 0 Å². The fraction of sp³-hybridized carbons (Fsp3) is 0. The van der Waals surface area contributed by atoms with Gasteiger partial charge in [-0.3, -0.25) is 5.41 Å². The van der Waals surface area contributed by atoms with E-state index in [-0.39, 0.29) is 5.96 Å². The summed E-state index contributed by atoms with van der Waals surface area (Å²) < 4.78 is 0.833. The Morgan fingerprint density at radius 2 is 2.36 bits per heavy atom. The van der Waals surface area contributed by atoms with E-state index in [0.717, 1.165) is 10.0 Å². The van der Waals surface area contributed by atoms with Crippen LogP contribution in [0.25, 0.3) is 0 Å². The quantitative estimate of drug-likeness (QED) is 0.438. The summed E-state index contributed by atoms with van der Waals surface area (Å²) in [7, 11) is 0. The van der Waals surface area contributed by atoms with Crippen LogP contribution in [-0.4, -0.2) is 12.2 Å². The Morgan fingerprint density at radius 1 is 1.64 bits per heavy atom. The third-order valence-electron chi connectivity index (χ3n) is 1.38. The third kappa shape index (κ3) is 3.01. The van der Waals surface area contributed by atoms with Gasteiger partial charge in [0.15, 0.2) is 0 Å². The van der Waals surface area contributed by atoms with E-state index in [2.05, 4.69) is 26.5 Å². The Bertz CT molecular complexity index is 357. The van der Waals surface area contributed by atoms with E-state index in [0.29, 0.717) is 5.02 Å².